The van der Waals surface area contributed by atoms with Crippen LogP contribution in [-0.4, -0.2) is 34.5 Å². The van der Waals surface area contributed by atoms with E-state index in [4.69, 9.17) is 9.51 Å². The zero-order valence-corrected chi connectivity index (χ0v) is 14.5. The molecule has 1 atom stereocenters. The van der Waals surface area contributed by atoms with Crippen LogP contribution >= 0.6 is 0 Å². The summed E-state index contributed by atoms with van der Waals surface area (Å²) in [6, 6.07) is 6.32. The Balaban J connectivity index is 1.62. The van der Waals surface area contributed by atoms with Gasteiger partial charge in [0.1, 0.15) is 5.76 Å². The van der Waals surface area contributed by atoms with E-state index in [1.807, 2.05) is 6.92 Å². The van der Waals surface area contributed by atoms with E-state index in [0.717, 1.165) is 29.9 Å². The molecule has 0 radical (unpaired) electrons. The van der Waals surface area contributed by atoms with Gasteiger partial charge in [-0.15, -0.1) is 0 Å². The molecule has 1 aliphatic heterocycles. The lowest BCUT2D eigenvalue weighted by Crippen LogP contribution is -2.19. The number of rotatable bonds is 5. The summed E-state index contributed by atoms with van der Waals surface area (Å²) in [4.78, 5) is 19.1. The first-order chi connectivity index (χ1) is 11.5. The highest BCUT2D eigenvalue weighted by atomic mass is 16.5. The first-order valence-corrected chi connectivity index (χ1v) is 8.42. The summed E-state index contributed by atoms with van der Waals surface area (Å²) in [5, 5.41) is 6.53. The lowest BCUT2D eigenvalue weighted by atomic mass is 10.0. The van der Waals surface area contributed by atoms with Crippen LogP contribution in [0.5, 0.6) is 0 Å². The van der Waals surface area contributed by atoms with Crippen molar-refractivity contribution in [1.29, 1.82) is 0 Å². The van der Waals surface area contributed by atoms with Gasteiger partial charge < -0.3 is 9.84 Å². The fraction of sp³-hybridized carbons (Fsp3) is 0.500. The molecule has 0 spiro atoms. The highest BCUT2D eigenvalue weighted by Gasteiger charge is 2.24. The quantitative estimate of drug-likeness (QED) is 0.913. The zero-order valence-electron chi connectivity index (χ0n) is 14.5. The summed E-state index contributed by atoms with van der Waals surface area (Å²) < 4.78 is 4.95. The number of carbonyl (C=O) groups is 1. The second kappa shape index (κ2) is 7.13. The van der Waals surface area contributed by atoms with Crippen LogP contribution in [0.25, 0.3) is 0 Å². The largest absolute Gasteiger partial charge is 0.360 e. The van der Waals surface area contributed by atoms with Gasteiger partial charge in [-0.25, -0.2) is 0 Å². The molecular weight excluding hydrogens is 304 g/mol. The predicted molar refractivity (Wildman–Crippen MR) is 91.8 cm³/mol. The molecule has 3 heterocycles. The van der Waals surface area contributed by atoms with Crippen molar-refractivity contribution in [3.05, 3.63) is 40.9 Å². The number of hydrogen-bond donors (Lipinski definition) is 1. The number of amides is 1. The van der Waals surface area contributed by atoms with Gasteiger partial charge in [-0.1, -0.05) is 5.16 Å². The Morgan fingerprint density at radius 2 is 2.21 bits per heavy atom. The van der Waals surface area contributed by atoms with E-state index < -0.39 is 0 Å². The molecule has 128 valence electrons. The number of nitrogens with zero attached hydrogens (tertiary/aromatic N) is 3. The SMILES string of the molecule is Cc1cc(CCC(=O)Nc2cc(C)on2)cc([C@@H]2CCCN2C)n1. The van der Waals surface area contributed by atoms with Crippen LogP contribution in [0.4, 0.5) is 5.82 Å². The topological polar surface area (TPSA) is 71.3 Å². The van der Waals surface area contributed by atoms with Crippen LogP contribution < -0.4 is 5.32 Å². The maximum absolute atomic E-state index is 12.1. The summed E-state index contributed by atoms with van der Waals surface area (Å²) in [6.07, 6.45) is 3.47. The molecule has 1 amide bonds. The summed E-state index contributed by atoms with van der Waals surface area (Å²) in [6.45, 7) is 4.93. The van der Waals surface area contributed by atoms with Crippen molar-refractivity contribution in [1.82, 2.24) is 15.0 Å². The fourth-order valence-corrected chi connectivity index (χ4v) is 3.26. The van der Waals surface area contributed by atoms with Gasteiger partial charge in [0, 0.05) is 18.2 Å². The number of hydrogen-bond acceptors (Lipinski definition) is 5. The lowest BCUT2D eigenvalue weighted by Gasteiger charge is -2.20. The van der Waals surface area contributed by atoms with Crippen LogP contribution in [0, 0.1) is 13.8 Å². The second-order valence-electron chi connectivity index (χ2n) is 6.55. The minimum atomic E-state index is -0.0581. The molecule has 0 unspecified atom stereocenters. The van der Waals surface area contributed by atoms with Crippen LogP contribution in [0.1, 0.15) is 48.0 Å². The Morgan fingerprint density at radius 1 is 1.38 bits per heavy atom. The number of aromatic nitrogens is 2. The van der Waals surface area contributed by atoms with E-state index in [2.05, 4.69) is 34.6 Å². The van der Waals surface area contributed by atoms with Gasteiger partial charge in [-0.05, 0) is 64.4 Å². The van der Waals surface area contributed by atoms with Crippen LogP contribution in [0.15, 0.2) is 22.7 Å². The highest BCUT2D eigenvalue weighted by Crippen LogP contribution is 2.29. The molecule has 1 N–H and O–H groups in total. The van der Waals surface area contributed by atoms with Crippen molar-refractivity contribution in [2.75, 3.05) is 18.9 Å². The number of pyridine rings is 1. The van der Waals surface area contributed by atoms with Crippen molar-refractivity contribution in [3.63, 3.8) is 0 Å². The predicted octanol–water partition coefficient (Wildman–Crippen LogP) is 3.02. The van der Waals surface area contributed by atoms with Crippen molar-refractivity contribution in [3.8, 4) is 0 Å². The Hall–Kier alpha value is -2.21. The van der Waals surface area contributed by atoms with Gasteiger partial charge in [0.2, 0.25) is 5.91 Å². The van der Waals surface area contributed by atoms with Crippen molar-refractivity contribution < 1.29 is 9.32 Å². The Kier molecular flexibility index (Phi) is 4.94. The average Bonchev–Trinajstić information content (AvgIpc) is 3.13. The van der Waals surface area contributed by atoms with E-state index in [1.165, 1.54) is 6.42 Å². The van der Waals surface area contributed by atoms with Crippen LogP contribution in [0.2, 0.25) is 0 Å². The summed E-state index contributed by atoms with van der Waals surface area (Å²) in [5.74, 6) is 1.09. The van der Waals surface area contributed by atoms with Crippen molar-refractivity contribution >= 4 is 11.7 Å². The monoisotopic (exact) mass is 328 g/mol. The van der Waals surface area contributed by atoms with E-state index in [-0.39, 0.29) is 5.91 Å². The molecule has 2 aromatic rings. The molecule has 1 saturated heterocycles. The fourth-order valence-electron chi connectivity index (χ4n) is 3.26. The zero-order chi connectivity index (χ0) is 17.1. The molecular formula is C18H24N4O2. The Bertz CT molecular complexity index is 726. The molecule has 1 aliphatic rings. The smallest absolute Gasteiger partial charge is 0.225 e. The lowest BCUT2D eigenvalue weighted by molar-refractivity contribution is -0.116. The van der Waals surface area contributed by atoms with Crippen molar-refractivity contribution in [2.45, 2.75) is 45.6 Å². The van der Waals surface area contributed by atoms with Crippen LogP contribution in [-0.2, 0) is 11.2 Å². The van der Waals surface area contributed by atoms with Gasteiger partial charge in [0.25, 0.3) is 0 Å². The number of carbonyl (C=O) groups excluding carboxylic acids is 1. The maximum atomic E-state index is 12.1. The molecule has 0 bridgehead atoms. The van der Waals surface area contributed by atoms with Gasteiger partial charge >= 0.3 is 0 Å². The standard InChI is InChI=1S/C18H24N4O2/c1-12-9-14(11-15(19-12)16-5-4-8-22(16)3)6-7-18(23)20-17-10-13(2)24-21-17/h9-11,16H,4-8H2,1-3H3,(H,20,21,23)/t16-/m0/s1. The number of likely N-dealkylation sites (tertiary alicyclic amines) is 1. The minimum Gasteiger partial charge on any atom is -0.360 e. The normalized spacial score (nSPS) is 18.0. The van der Waals surface area contributed by atoms with Crippen molar-refractivity contribution in [2.24, 2.45) is 0 Å². The molecule has 3 rings (SSSR count). The van der Waals surface area contributed by atoms with Gasteiger partial charge in [0.15, 0.2) is 5.82 Å². The van der Waals surface area contributed by atoms with E-state index in [1.54, 1.807) is 13.0 Å². The Labute approximate surface area is 142 Å². The van der Waals surface area contributed by atoms with E-state index in [9.17, 15) is 4.79 Å². The molecule has 1 fully saturated rings. The molecule has 0 saturated carbocycles. The average molecular weight is 328 g/mol. The van der Waals surface area contributed by atoms with E-state index in [0.29, 0.717) is 30.5 Å². The van der Waals surface area contributed by atoms with E-state index >= 15 is 0 Å². The maximum Gasteiger partial charge on any atom is 0.225 e. The number of anilines is 1. The third-order valence-corrected chi connectivity index (χ3v) is 4.43. The number of nitrogens with one attached hydrogen (secondary N) is 1. The van der Waals surface area contributed by atoms with Gasteiger partial charge in [-0.2, -0.15) is 0 Å². The van der Waals surface area contributed by atoms with Gasteiger partial charge in [0.05, 0.1) is 11.7 Å². The number of aryl methyl sites for hydroxylation is 3. The Morgan fingerprint density at radius 3 is 2.88 bits per heavy atom. The summed E-state index contributed by atoms with van der Waals surface area (Å²) in [5.41, 5.74) is 3.29. The molecule has 24 heavy (non-hydrogen) atoms. The molecule has 6 nitrogen and oxygen atoms in total. The molecule has 2 aromatic heterocycles. The van der Waals surface area contributed by atoms with Crippen LogP contribution in [0.3, 0.4) is 0 Å². The minimum absolute atomic E-state index is 0.0581. The second-order valence-corrected chi connectivity index (χ2v) is 6.55. The molecule has 0 aliphatic carbocycles. The third kappa shape index (κ3) is 4.00. The third-order valence-electron chi connectivity index (χ3n) is 4.43. The molecule has 0 aromatic carbocycles. The summed E-state index contributed by atoms with van der Waals surface area (Å²) in [7, 11) is 2.15. The first-order valence-electron chi connectivity index (χ1n) is 8.42. The van der Waals surface area contributed by atoms with Gasteiger partial charge in [-0.3, -0.25) is 14.7 Å². The molecule has 6 heteroatoms. The first kappa shape index (κ1) is 16.6. The highest BCUT2D eigenvalue weighted by molar-refractivity contribution is 5.89. The summed E-state index contributed by atoms with van der Waals surface area (Å²) >= 11 is 0.